The molecule has 2 spiro atoms. The summed E-state index contributed by atoms with van der Waals surface area (Å²) in [4.78, 5) is 40.6. The van der Waals surface area contributed by atoms with Crippen molar-refractivity contribution >= 4 is 23.4 Å². The van der Waals surface area contributed by atoms with Crippen LogP contribution in [0, 0.1) is 5.92 Å². The first-order chi connectivity index (χ1) is 13.9. The van der Waals surface area contributed by atoms with Crippen LogP contribution in [0.4, 0.5) is 5.69 Å². The second kappa shape index (κ2) is 6.45. The lowest BCUT2D eigenvalue weighted by Crippen LogP contribution is -2.59. The van der Waals surface area contributed by atoms with E-state index in [0.717, 1.165) is 18.5 Å². The molecule has 3 amide bonds. The average molecular weight is 398 g/mol. The molecule has 4 heterocycles. The van der Waals surface area contributed by atoms with Crippen LogP contribution in [0.25, 0.3) is 0 Å². The highest BCUT2D eigenvalue weighted by Gasteiger charge is 2.53. The number of fused-ring (bicyclic) bond motifs is 1. The third-order valence-corrected chi connectivity index (χ3v) is 6.82. The predicted octanol–water partition coefficient (Wildman–Crippen LogP) is 0.798. The molecule has 5 rings (SSSR count). The van der Waals surface area contributed by atoms with E-state index >= 15 is 0 Å². The van der Waals surface area contributed by atoms with Crippen molar-refractivity contribution in [1.82, 2.24) is 15.1 Å². The van der Waals surface area contributed by atoms with Gasteiger partial charge in [0.05, 0.1) is 23.7 Å². The standard InChI is InChI=1S/C21H26N4O4/c1-24-11-14(10-17(24)26)19(28)25-8-6-20(7-9-25)12-21(13-29-20)22-16-5-3-2-4-15(16)18(27)23-21/h2-5,14,22H,6-13H2,1H3,(H,23,27). The van der Waals surface area contributed by atoms with Crippen molar-refractivity contribution in [1.29, 1.82) is 0 Å². The lowest BCUT2D eigenvalue weighted by Gasteiger charge is -2.41. The predicted molar refractivity (Wildman–Crippen MR) is 105 cm³/mol. The summed E-state index contributed by atoms with van der Waals surface area (Å²) < 4.78 is 6.25. The maximum absolute atomic E-state index is 12.8. The molecule has 1 aromatic rings. The Balaban J connectivity index is 1.24. The molecule has 2 atom stereocenters. The molecule has 154 valence electrons. The monoisotopic (exact) mass is 398 g/mol. The number of carbonyl (C=O) groups is 3. The number of nitrogens with zero attached hydrogens (tertiary/aromatic N) is 2. The fraction of sp³-hybridized carbons (Fsp3) is 0.571. The average Bonchev–Trinajstić information content (AvgIpc) is 3.22. The normalized spacial score (nSPS) is 30.4. The highest BCUT2D eigenvalue weighted by Crippen LogP contribution is 2.43. The molecule has 8 nitrogen and oxygen atoms in total. The molecule has 0 bridgehead atoms. The molecule has 0 saturated carbocycles. The van der Waals surface area contributed by atoms with Gasteiger partial charge in [-0.15, -0.1) is 0 Å². The van der Waals surface area contributed by atoms with Gasteiger partial charge in [-0.2, -0.15) is 0 Å². The number of likely N-dealkylation sites (tertiary alicyclic amines) is 2. The molecule has 1 aromatic carbocycles. The van der Waals surface area contributed by atoms with Crippen LogP contribution < -0.4 is 10.6 Å². The van der Waals surface area contributed by atoms with E-state index in [0.29, 0.717) is 44.6 Å². The Morgan fingerprint density at radius 1 is 1.17 bits per heavy atom. The molecule has 0 aromatic heterocycles. The minimum atomic E-state index is -0.599. The Labute approximate surface area is 169 Å². The first-order valence-corrected chi connectivity index (χ1v) is 10.3. The second-order valence-corrected chi connectivity index (χ2v) is 8.86. The SMILES string of the molecule is CN1CC(C(=O)N2CCC3(CC2)CC2(CO3)NC(=O)c3ccccc3N2)CC1=O. The van der Waals surface area contributed by atoms with Crippen LogP contribution in [0.15, 0.2) is 24.3 Å². The van der Waals surface area contributed by atoms with Crippen LogP contribution in [0.3, 0.4) is 0 Å². The van der Waals surface area contributed by atoms with Crippen molar-refractivity contribution in [2.75, 3.05) is 38.6 Å². The lowest BCUT2D eigenvalue weighted by molar-refractivity contribution is -0.140. The Morgan fingerprint density at radius 3 is 2.66 bits per heavy atom. The Hall–Kier alpha value is -2.61. The van der Waals surface area contributed by atoms with E-state index in [9.17, 15) is 14.4 Å². The van der Waals surface area contributed by atoms with Crippen LogP contribution in [0.5, 0.6) is 0 Å². The molecular formula is C21H26N4O4. The van der Waals surface area contributed by atoms with E-state index in [1.807, 2.05) is 29.2 Å². The van der Waals surface area contributed by atoms with Gasteiger partial charge in [-0.25, -0.2) is 0 Å². The fourth-order valence-electron chi connectivity index (χ4n) is 5.20. The number of para-hydroxylation sites is 1. The van der Waals surface area contributed by atoms with Gasteiger partial charge < -0.3 is 25.2 Å². The summed E-state index contributed by atoms with van der Waals surface area (Å²) in [7, 11) is 1.75. The second-order valence-electron chi connectivity index (χ2n) is 8.86. The molecule has 3 fully saturated rings. The van der Waals surface area contributed by atoms with Crippen LogP contribution >= 0.6 is 0 Å². The van der Waals surface area contributed by atoms with E-state index in [2.05, 4.69) is 10.6 Å². The number of hydrogen-bond acceptors (Lipinski definition) is 5. The summed E-state index contributed by atoms with van der Waals surface area (Å²) in [5.74, 6) is -0.198. The van der Waals surface area contributed by atoms with Crippen molar-refractivity contribution < 1.29 is 19.1 Å². The molecule has 4 aliphatic heterocycles. The van der Waals surface area contributed by atoms with Crippen LogP contribution in [0.2, 0.25) is 0 Å². The number of nitrogens with one attached hydrogen (secondary N) is 2. The summed E-state index contributed by atoms with van der Waals surface area (Å²) >= 11 is 0. The van der Waals surface area contributed by atoms with Crippen LogP contribution in [0.1, 0.15) is 36.0 Å². The van der Waals surface area contributed by atoms with Crippen molar-refractivity contribution in [2.24, 2.45) is 5.92 Å². The number of piperidine rings is 1. The van der Waals surface area contributed by atoms with Gasteiger partial charge in [0, 0.05) is 45.2 Å². The van der Waals surface area contributed by atoms with Gasteiger partial charge in [-0.3, -0.25) is 14.4 Å². The smallest absolute Gasteiger partial charge is 0.255 e. The highest BCUT2D eigenvalue weighted by atomic mass is 16.5. The summed E-state index contributed by atoms with van der Waals surface area (Å²) in [5.41, 5.74) is 0.541. The minimum Gasteiger partial charge on any atom is -0.370 e. The summed E-state index contributed by atoms with van der Waals surface area (Å²) in [6, 6.07) is 7.50. The first kappa shape index (κ1) is 18.4. The third kappa shape index (κ3) is 3.06. The summed E-state index contributed by atoms with van der Waals surface area (Å²) in [5, 5.41) is 6.59. The molecule has 8 heteroatoms. The highest BCUT2D eigenvalue weighted by molar-refractivity contribution is 6.02. The topological polar surface area (TPSA) is 91.0 Å². The first-order valence-electron chi connectivity index (χ1n) is 10.3. The lowest BCUT2D eigenvalue weighted by atomic mass is 9.84. The number of ether oxygens (including phenoxy) is 1. The zero-order chi connectivity index (χ0) is 20.2. The molecule has 29 heavy (non-hydrogen) atoms. The minimum absolute atomic E-state index is 0.0392. The zero-order valence-electron chi connectivity index (χ0n) is 16.6. The summed E-state index contributed by atoms with van der Waals surface area (Å²) in [6.07, 6.45) is 2.45. The molecule has 3 saturated heterocycles. The van der Waals surface area contributed by atoms with Gasteiger partial charge in [0.2, 0.25) is 11.8 Å². The molecule has 2 N–H and O–H groups in total. The Bertz CT molecular complexity index is 879. The molecule has 2 unspecified atom stereocenters. The number of anilines is 1. The molecule has 4 aliphatic rings. The largest absolute Gasteiger partial charge is 0.370 e. The third-order valence-electron chi connectivity index (χ3n) is 6.82. The number of carbonyl (C=O) groups excluding carboxylic acids is 3. The van der Waals surface area contributed by atoms with E-state index in [1.54, 1.807) is 11.9 Å². The van der Waals surface area contributed by atoms with E-state index < -0.39 is 5.66 Å². The molecule has 0 radical (unpaired) electrons. The number of hydrogen-bond donors (Lipinski definition) is 2. The Kier molecular flexibility index (Phi) is 4.10. The van der Waals surface area contributed by atoms with Crippen LogP contribution in [-0.2, 0) is 14.3 Å². The fourth-order valence-corrected chi connectivity index (χ4v) is 5.20. The maximum Gasteiger partial charge on any atom is 0.255 e. The number of rotatable bonds is 1. The van der Waals surface area contributed by atoms with E-state index in [-0.39, 0.29) is 29.2 Å². The van der Waals surface area contributed by atoms with E-state index in [4.69, 9.17) is 4.74 Å². The van der Waals surface area contributed by atoms with Gasteiger partial charge in [0.25, 0.3) is 5.91 Å². The van der Waals surface area contributed by atoms with Gasteiger partial charge in [-0.05, 0) is 25.0 Å². The molecular weight excluding hydrogens is 372 g/mol. The van der Waals surface area contributed by atoms with Crippen molar-refractivity contribution in [3.8, 4) is 0 Å². The van der Waals surface area contributed by atoms with Crippen LogP contribution in [-0.4, -0.2) is 72.1 Å². The Morgan fingerprint density at radius 2 is 1.93 bits per heavy atom. The number of benzene rings is 1. The van der Waals surface area contributed by atoms with Gasteiger partial charge >= 0.3 is 0 Å². The molecule has 0 aliphatic carbocycles. The quantitative estimate of drug-likeness (QED) is 0.730. The van der Waals surface area contributed by atoms with Gasteiger partial charge in [-0.1, -0.05) is 12.1 Å². The van der Waals surface area contributed by atoms with Crippen molar-refractivity contribution in [3.63, 3.8) is 0 Å². The van der Waals surface area contributed by atoms with Gasteiger partial charge in [0.1, 0.15) is 5.66 Å². The van der Waals surface area contributed by atoms with Crippen molar-refractivity contribution in [3.05, 3.63) is 29.8 Å². The zero-order valence-corrected chi connectivity index (χ0v) is 16.6. The van der Waals surface area contributed by atoms with Crippen molar-refractivity contribution in [2.45, 2.75) is 36.9 Å². The van der Waals surface area contributed by atoms with E-state index in [1.165, 1.54) is 0 Å². The summed E-state index contributed by atoms with van der Waals surface area (Å²) in [6.45, 7) is 2.15. The maximum atomic E-state index is 12.8. The number of amides is 3. The van der Waals surface area contributed by atoms with Gasteiger partial charge in [0.15, 0.2) is 0 Å².